The number of likely N-dealkylation sites (tertiary alicyclic amines) is 1. The van der Waals surface area contributed by atoms with Gasteiger partial charge in [0.25, 0.3) is 0 Å². The minimum Gasteiger partial charge on any atom is -0.444 e. The van der Waals surface area contributed by atoms with E-state index >= 15 is 0 Å². The number of aryl methyl sites for hydroxylation is 1. The first-order chi connectivity index (χ1) is 12.2. The van der Waals surface area contributed by atoms with Crippen molar-refractivity contribution in [3.63, 3.8) is 0 Å². The Bertz CT molecular complexity index is 852. The normalized spacial score (nSPS) is 18.2. The highest BCUT2D eigenvalue weighted by Gasteiger charge is 2.32. The van der Waals surface area contributed by atoms with Crippen molar-refractivity contribution in [1.29, 1.82) is 0 Å². The van der Waals surface area contributed by atoms with Crippen LogP contribution < -0.4 is 5.73 Å². The van der Waals surface area contributed by atoms with Gasteiger partial charge >= 0.3 is 6.09 Å². The van der Waals surface area contributed by atoms with Gasteiger partial charge in [-0.3, -0.25) is 4.79 Å². The van der Waals surface area contributed by atoms with Gasteiger partial charge in [-0.25, -0.2) is 9.78 Å². The first-order valence-electron chi connectivity index (χ1n) is 8.79. The minimum atomic E-state index is -0.564. The van der Waals surface area contributed by atoms with Gasteiger partial charge < -0.3 is 15.4 Å². The summed E-state index contributed by atoms with van der Waals surface area (Å²) in [6.07, 6.45) is 2.56. The number of piperidine rings is 1. The molecule has 1 saturated heterocycles. The van der Waals surface area contributed by atoms with Gasteiger partial charge in [0.15, 0.2) is 11.4 Å². The van der Waals surface area contributed by atoms with Crippen LogP contribution in [0, 0.1) is 12.8 Å². The number of hydrogen-bond acceptors (Lipinski definition) is 6. The van der Waals surface area contributed by atoms with Gasteiger partial charge in [-0.15, -0.1) is 0 Å². The van der Waals surface area contributed by atoms with Gasteiger partial charge in [0.1, 0.15) is 11.4 Å². The first-order valence-corrected chi connectivity index (χ1v) is 8.79. The van der Waals surface area contributed by atoms with Gasteiger partial charge in [-0.1, -0.05) is 0 Å². The Labute approximate surface area is 152 Å². The molecule has 1 amide bonds. The molecular formula is C18H25N5O3. The molecule has 1 atom stereocenters. The van der Waals surface area contributed by atoms with Crippen LogP contribution in [-0.2, 0) is 4.74 Å². The molecule has 0 spiro atoms. The minimum absolute atomic E-state index is 0.113. The smallest absolute Gasteiger partial charge is 0.410 e. The highest BCUT2D eigenvalue weighted by atomic mass is 16.6. The van der Waals surface area contributed by atoms with E-state index in [1.807, 2.05) is 27.7 Å². The zero-order chi connectivity index (χ0) is 19.1. The lowest BCUT2D eigenvalue weighted by molar-refractivity contribution is 0.0172. The van der Waals surface area contributed by atoms with Crippen LogP contribution >= 0.6 is 0 Å². The van der Waals surface area contributed by atoms with E-state index in [0.29, 0.717) is 30.7 Å². The van der Waals surface area contributed by atoms with E-state index < -0.39 is 5.60 Å². The summed E-state index contributed by atoms with van der Waals surface area (Å²) in [6, 6.07) is 1.80. The molecule has 26 heavy (non-hydrogen) atoms. The van der Waals surface area contributed by atoms with E-state index in [2.05, 4.69) is 10.1 Å². The average molecular weight is 359 g/mol. The van der Waals surface area contributed by atoms with Gasteiger partial charge in [-0.2, -0.15) is 9.61 Å². The number of nitrogen functional groups attached to an aromatic ring is 1. The SMILES string of the molecule is Cc1cc2ncc(C(=O)C3CCCN(C(=O)OC(C)(C)C)C3)c(N)n2n1. The molecule has 2 aromatic rings. The van der Waals surface area contributed by atoms with Crippen LogP contribution in [0.3, 0.4) is 0 Å². The maximum absolute atomic E-state index is 13.0. The van der Waals surface area contributed by atoms with Crippen molar-refractivity contribution in [3.8, 4) is 0 Å². The summed E-state index contributed by atoms with van der Waals surface area (Å²) >= 11 is 0. The average Bonchev–Trinajstić information content (AvgIpc) is 2.95. The molecule has 1 aliphatic heterocycles. The fraction of sp³-hybridized carbons (Fsp3) is 0.556. The standard InChI is InChI=1S/C18H25N5O3/c1-11-8-14-20-9-13(16(19)23(14)21-11)15(24)12-6-5-7-22(10-12)17(25)26-18(2,3)4/h8-9,12H,5-7,10,19H2,1-4H3. The molecule has 3 rings (SSSR count). The molecule has 3 heterocycles. The number of fused-ring (bicyclic) bond motifs is 1. The van der Waals surface area contributed by atoms with Crippen molar-refractivity contribution >= 4 is 23.3 Å². The third kappa shape index (κ3) is 3.63. The lowest BCUT2D eigenvalue weighted by Gasteiger charge is -2.33. The Balaban J connectivity index is 1.79. The molecule has 2 aromatic heterocycles. The second-order valence-electron chi connectivity index (χ2n) is 7.74. The largest absolute Gasteiger partial charge is 0.444 e. The number of aromatic nitrogens is 3. The number of carbonyl (C=O) groups excluding carboxylic acids is 2. The summed E-state index contributed by atoms with van der Waals surface area (Å²) < 4.78 is 6.90. The molecule has 8 nitrogen and oxygen atoms in total. The summed E-state index contributed by atoms with van der Waals surface area (Å²) in [7, 11) is 0. The second-order valence-corrected chi connectivity index (χ2v) is 7.74. The molecule has 1 aliphatic rings. The number of hydrogen-bond donors (Lipinski definition) is 1. The molecule has 0 saturated carbocycles. The zero-order valence-corrected chi connectivity index (χ0v) is 15.7. The van der Waals surface area contributed by atoms with Gasteiger partial charge in [0, 0.05) is 31.3 Å². The Morgan fingerprint density at radius 1 is 1.35 bits per heavy atom. The molecular weight excluding hydrogens is 334 g/mol. The third-order valence-corrected chi connectivity index (χ3v) is 4.35. The summed E-state index contributed by atoms with van der Waals surface area (Å²) in [5.41, 5.74) is 7.32. The number of ether oxygens (including phenoxy) is 1. The molecule has 1 fully saturated rings. The van der Waals surface area contributed by atoms with Crippen LogP contribution in [0.5, 0.6) is 0 Å². The Kier molecular flexibility index (Phi) is 4.60. The van der Waals surface area contributed by atoms with Crippen molar-refractivity contribution in [1.82, 2.24) is 19.5 Å². The fourth-order valence-electron chi connectivity index (χ4n) is 3.16. The van der Waals surface area contributed by atoms with E-state index in [4.69, 9.17) is 10.5 Å². The second kappa shape index (κ2) is 6.59. The van der Waals surface area contributed by atoms with E-state index in [0.717, 1.165) is 12.1 Å². The maximum Gasteiger partial charge on any atom is 0.410 e. The maximum atomic E-state index is 13.0. The topological polar surface area (TPSA) is 103 Å². The number of carbonyl (C=O) groups is 2. The Morgan fingerprint density at radius 2 is 2.08 bits per heavy atom. The highest BCUT2D eigenvalue weighted by Crippen LogP contribution is 2.25. The lowest BCUT2D eigenvalue weighted by atomic mass is 9.91. The predicted molar refractivity (Wildman–Crippen MR) is 97.0 cm³/mol. The molecule has 8 heteroatoms. The Hall–Kier alpha value is -2.64. The predicted octanol–water partition coefficient (Wildman–Crippen LogP) is 2.45. The van der Waals surface area contributed by atoms with Gasteiger partial charge in [0.2, 0.25) is 0 Å². The zero-order valence-electron chi connectivity index (χ0n) is 15.7. The number of amides is 1. The van der Waals surface area contributed by atoms with Crippen LogP contribution in [0.15, 0.2) is 12.3 Å². The monoisotopic (exact) mass is 359 g/mol. The number of anilines is 1. The number of nitrogens with zero attached hydrogens (tertiary/aromatic N) is 4. The van der Waals surface area contributed by atoms with Crippen molar-refractivity contribution in [2.45, 2.75) is 46.1 Å². The molecule has 0 aliphatic carbocycles. The first kappa shape index (κ1) is 18.2. The molecule has 140 valence electrons. The number of Topliss-reactive ketones (excluding diaryl/α,β-unsaturated/α-hetero) is 1. The summed E-state index contributed by atoms with van der Waals surface area (Å²) in [4.78, 5) is 31.2. The van der Waals surface area contributed by atoms with E-state index in [1.165, 1.54) is 10.7 Å². The molecule has 2 N–H and O–H groups in total. The third-order valence-electron chi connectivity index (χ3n) is 4.35. The van der Waals surface area contributed by atoms with Gasteiger partial charge in [0.05, 0.1) is 11.3 Å². The van der Waals surface area contributed by atoms with E-state index in [-0.39, 0.29) is 23.6 Å². The van der Waals surface area contributed by atoms with E-state index in [9.17, 15) is 9.59 Å². The summed E-state index contributed by atoms with van der Waals surface area (Å²) in [5, 5.41) is 4.28. The fourth-order valence-corrected chi connectivity index (χ4v) is 3.16. The van der Waals surface area contributed by atoms with Crippen LogP contribution in [-0.4, -0.2) is 50.1 Å². The van der Waals surface area contributed by atoms with Crippen LogP contribution in [0.2, 0.25) is 0 Å². The summed E-state index contributed by atoms with van der Waals surface area (Å²) in [6.45, 7) is 8.23. The van der Waals surface area contributed by atoms with E-state index in [1.54, 1.807) is 11.0 Å². The van der Waals surface area contributed by atoms with Crippen molar-refractivity contribution in [2.75, 3.05) is 18.8 Å². The Morgan fingerprint density at radius 3 is 2.77 bits per heavy atom. The molecule has 0 aromatic carbocycles. The van der Waals surface area contributed by atoms with Crippen molar-refractivity contribution in [2.24, 2.45) is 5.92 Å². The molecule has 0 bridgehead atoms. The number of ketones is 1. The van der Waals surface area contributed by atoms with Crippen molar-refractivity contribution in [3.05, 3.63) is 23.5 Å². The lowest BCUT2D eigenvalue weighted by Crippen LogP contribution is -2.44. The number of rotatable bonds is 2. The van der Waals surface area contributed by atoms with Crippen LogP contribution in [0.25, 0.3) is 5.65 Å². The van der Waals surface area contributed by atoms with Gasteiger partial charge in [-0.05, 0) is 40.5 Å². The highest BCUT2D eigenvalue weighted by molar-refractivity contribution is 6.02. The molecule has 0 radical (unpaired) electrons. The summed E-state index contributed by atoms with van der Waals surface area (Å²) in [5.74, 6) is -0.157. The van der Waals surface area contributed by atoms with Crippen molar-refractivity contribution < 1.29 is 14.3 Å². The van der Waals surface area contributed by atoms with Crippen LogP contribution in [0.1, 0.15) is 49.7 Å². The number of nitrogens with two attached hydrogens (primary N) is 1. The van der Waals surface area contributed by atoms with Crippen LogP contribution in [0.4, 0.5) is 10.6 Å². The molecule has 1 unspecified atom stereocenters. The quantitative estimate of drug-likeness (QED) is 0.826.